The Morgan fingerprint density at radius 1 is 1.23 bits per heavy atom. The monoisotopic (exact) mass is 331 g/mol. The number of nitro benzene ring substituents is 1. The second kappa shape index (κ2) is 6.12. The Balaban J connectivity index is 1.91. The molecule has 6 nitrogen and oxygen atoms in total. The molecule has 8 heteroatoms. The van der Waals surface area contributed by atoms with Crippen molar-refractivity contribution in [3.8, 4) is 0 Å². The molecule has 0 aliphatic carbocycles. The van der Waals surface area contributed by atoms with Crippen LogP contribution in [0.1, 0.15) is 4.88 Å². The molecule has 1 amide bonds. The Morgan fingerprint density at radius 3 is 2.64 bits per heavy atom. The van der Waals surface area contributed by atoms with E-state index in [0.29, 0.717) is 11.5 Å². The van der Waals surface area contributed by atoms with Crippen molar-refractivity contribution in [2.24, 2.45) is 4.99 Å². The van der Waals surface area contributed by atoms with Gasteiger partial charge in [-0.15, -0.1) is 11.3 Å². The van der Waals surface area contributed by atoms with Gasteiger partial charge >= 0.3 is 0 Å². The number of benzene rings is 1. The average molecular weight is 331 g/mol. The molecule has 0 saturated carbocycles. The fraction of sp³-hybridized carbons (Fsp3) is 0. The summed E-state index contributed by atoms with van der Waals surface area (Å²) < 4.78 is 0. The minimum Gasteiger partial charge on any atom is -0.300 e. The maximum absolute atomic E-state index is 11.6. The minimum atomic E-state index is -0.466. The fourth-order valence-corrected chi connectivity index (χ4v) is 3.25. The largest absolute Gasteiger partial charge is 0.300 e. The van der Waals surface area contributed by atoms with Crippen LogP contribution in [0.15, 0.2) is 51.7 Å². The molecule has 1 saturated heterocycles. The second-order valence-electron chi connectivity index (χ2n) is 4.27. The molecule has 2 heterocycles. The lowest BCUT2D eigenvalue weighted by atomic mass is 10.3. The molecule has 1 aromatic heterocycles. The van der Waals surface area contributed by atoms with Gasteiger partial charge in [0.15, 0.2) is 0 Å². The van der Waals surface area contributed by atoms with Crippen LogP contribution in [0.3, 0.4) is 0 Å². The van der Waals surface area contributed by atoms with Crippen LogP contribution in [0.25, 0.3) is 6.08 Å². The van der Waals surface area contributed by atoms with Crippen LogP contribution >= 0.6 is 23.1 Å². The third kappa shape index (κ3) is 3.23. The van der Waals surface area contributed by atoms with Gasteiger partial charge in [-0.05, 0) is 41.4 Å². The molecule has 1 fully saturated rings. The van der Waals surface area contributed by atoms with Gasteiger partial charge in [-0.25, -0.2) is 4.99 Å². The van der Waals surface area contributed by atoms with Crippen LogP contribution in [0.2, 0.25) is 0 Å². The van der Waals surface area contributed by atoms with Crippen molar-refractivity contribution >= 4 is 51.6 Å². The van der Waals surface area contributed by atoms with Gasteiger partial charge in [0.05, 0.1) is 15.5 Å². The standard InChI is InChI=1S/C14H9N3O3S2/c18-14-16-13(12(22-14)8-11-2-1-7-21-11)15-9-3-5-10(6-4-9)17(19)20/h1-8H,(H,15,16,18)/b12-8-. The van der Waals surface area contributed by atoms with Crippen molar-refractivity contribution in [2.75, 3.05) is 0 Å². The zero-order chi connectivity index (χ0) is 15.5. The zero-order valence-electron chi connectivity index (χ0n) is 11.1. The Morgan fingerprint density at radius 2 is 2.00 bits per heavy atom. The molecule has 1 aliphatic heterocycles. The predicted molar refractivity (Wildman–Crippen MR) is 88.6 cm³/mol. The molecule has 0 radical (unpaired) electrons. The number of carbonyl (C=O) groups is 1. The summed E-state index contributed by atoms with van der Waals surface area (Å²) in [6, 6.07) is 9.73. The maximum Gasteiger partial charge on any atom is 0.289 e. The van der Waals surface area contributed by atoms with E-state index in [4.69, 9.17) is 0 Å². The number of thiophene rings is 1. The zero-order valence-corrected chi connectivity index (χ0v) is 12.7. The van der Waals surface area contributed by atoms with E-state index in [9.17, 15) is 14.9 Å². The highest BCUT2D eigenvalue weighted by molar-refractivity contribution is 8.18. The number of carbonyl (C=O) groups excluding carboxylic acids is 1. The number of amides is 1. The molecule has 0 bridgehead atoms. The van der Waals surface area contributed by atoms with Gasteiger partial charge in [-0.2, -0.15) is 0 Å². The molecule has 0 unspecified atom stereocenters. The van der Waals surface area contributed by atoms with Crippen molar-refractivity contribution in [3.63, 3.8) is 0 Å². The van der Waals surface area contributed by atoms with Crippen molar-refractivity contribution in [2.45, 2.75) is 0 Å². The summed E-state index contributed by atoms with van der Waals surface area (Å²) in [5.74, 6) is 0.456. The topological polar surface area (TPSA) is 84.6 Å². The highest BCUT2D eigenvalue weighted by Crippen LogP contribution is 2.29. The normalized spacial score (nSPS) is 17.9. The van der Waals surface area contributed by atoms with Gasteiger partial charge in [0.2, 0.25) is 0 Å². The molecular weight excluding hydrogens is 322 g/mol. The van der Waals surface area contributed by atoms with Crippen molar-refractivity contribution in [1.29, 1.82) is 0 Å². The molecule has 0 atom stereocenters. The van der Waals surface area contributed by atoms with E-state index in [1.165, 1.54) is 12.1 Å². The Hall–Kier alpha value is -2.45. The van der Waals surface area contributed by atoms with Crippen molar-refractivity contribution in [1.82, 2.24) is 5.32 Å². The second-order valence-corrected chi connectivity index (χ2v) is 6.27. The number of aliphatic imine (C=N–C) groups is 1. The van der Waals surface area contributed by atoms with Crippen LogP contribution in [0, 0.1) is 10.1 Å². The SMILES string of the molecule is O=C1NC(=Nc2ccc([N+](=O)[O-])cc2)/C(=C/c2cccs2)S1. The highest BCUT2D eigenvalue weighted by Gasteiger charge is 2.23. The van der Waals surface area contributed by atoms with E-state index in [-0.39, 0.29) is 10.9 Å². The smallest absolute Gasteiger partial charge is 0.289 e. The maximum atomic E-state index is 11.6. The third-order valence-electron chi connectivity index (χ3n) is 2.77. The van der Waals surface area contributed by atoms with Gasteiger partial charge < -0.3 is 5.32 Å². The number of non-ortho nitro benzene ring substituents is 1. The molecule has 1 N–H and O–H groups in total. The number of thioether (sulfide) groups is 1. The van der Waals surface area contributed by atoms with E-state index in [0.717, 1.165) is 21.5 Å². The van der Waals surface area contributed by atoms with Crippen LogP contribution in [0.4, 0.5) is 16.2 Å². The summed E-state index contributed by atoms with van der Waals surface area (Å²) in [5, 5.41) is 15.1. The molecular formula is C14H9N3O3S2. The molecule has 0 spiro atoms. The van der Waals surface area contributed by atoms with Crippen LogP contribution in [-0.4, -0.2) is 16.0 Å². The first-order valence-corrected chi connectivity index (χ1v) is 7.89. The quantitative estimate of drug-likeness (QED) is 0.675. The number of amidine groups is 1. The van der Waals surface area contributed by atoms with Crippen molar-refractivity contribution < 1.29 is 9.72 Å². The number of hydrogen-bond acceptors (Lipinski definition) is 6. The lowest BCUT2D eigenvalue weighted by molar-refractivity contribution is -0.384. The molecule has 1 aromatic carbocycles. The molecule has 3 rings (SSSR count). The van der Waals surface area contributed by atoms with E-state index >= 15 is 0 Å². The van der Waals surface area contributed by atoms with E-state index < -0.39 is 4.92 Å². The highest BCUT2D eigenvalue weighted by atomic mass is 32.2. The van der Waals surface area contributed by atoms with Gasteiger partial charge in [0.1, 0.15) is 5.84 Å². The summed E-state index contributed by atoms with van der Waals surface area (Å²) in [7, 11) is 0. The number of rotatable bonds is 3. The van der Waals surface area contributed by atoms with E-state index in [2.05, 4.69) is 10.3 Å². The molecule has 1 aliphatic rings. The van der Waals surface area contributed by atoms with E-state index in [1.54, 1.807) is 23.5 Å². The van der Waals surface area contributed by atoms with Gasteiger partial charge in [-0.1, -0.05) is 6.07 Å². The molecule has 2 aromatic rings. The summed E-state index contributed by atoms with van der Waals surface area (Å²) in [6.07, 6.45) is 1.89. The summed E-state index contributed by atoms with van der Waals surface area (Å²) >= 11 is 2.64. The Labute approximate surface area is 133 Å². The first-order valence-electron chi connectivity index (χ1n) is 6.19. The van der Waals surface area contributed by atoms with Gasteiger partial charge in [0, 0.05) is 17.0 Å². The number of nitrogens with one attached hydrogen (secondary N) is 1. The first-order chi connectivity index (χ1) is 10.6. The Bertz CT molecular complexity index is 780. The van der Waals surface area contributed by atoms with Crippen LogP contribution in [-0.2, 0) is 0 Å². The first kappa shape index (κ1) is 14.5. The van der Waals surface area contributed by atoms with Crippen LogP contribution in [0.5, 0.6) is 0 Å². The van der Waals surface area contributed by atoms with Crippen molar-refractivity contribution in [3.05, 3.63) is 61.7 Å². The number of nitrogens with zero attached hydrogens (tertiary/aromatic N) is 2. The lowest BCUT2D eigenvalue weighted by Gasteiger charge is -1.99. The third-order valence-corrected chi connectivity index (χ3v) is 4.41. The minimum absolute atomic E-state index is 0.00290. The number of hydrogen-bond donors (Lipinski definition) is 1. The Kier molecular flexibility index (Phi) is 4.03. The lowest BCUT2D eigenvalue weighted by Crippen LogP contribution is -2.18. The summed E-state index contributed by atoms with van der Waals surface area (Å²) in [4.78, 5) is 27.8. The van der Waals surface area contributed by atoms with Gasteiger partial charge in [0.25, 0.3) is 10.9 Å². The average Bonchev–Trinajstić information content (AvgIpc) is 3.10. The van der Waals surface area contributed by atoms with Gasteiger partial charge in [-0.3, -0.25) is 14.9 Å². The predicted octanol–water partition coefficient (Wildman–Crippen LogP) is 4.18. The van der Waals surface area contributed by atoms with E-state index in [1.807, 2.05) is 23.6 Å². The summed E-state index contributed by atoms with van der Waals surface area (Å²) in [6.45, 7) is 0. The molecule has 110 valence electrons. The fourth-order valence-electron chi connectivity index (χ4n) is 1.79. The van der Waals surface area contributed by atoms with Crippen LogP contribution < -0.4 is 5.32 Å². The summed E-state index contributed by atoms with van der Waals surface area (Å²) in [5.41, 5.74) is 0.545. The number of nitro groups is 1. The molecule has 22 heavy (non-hydrogen) atoms.